The molecule has 0 atom stereocenters. The van der Waals surface area contributed by atoms with Gasteiger partial charge in [0, 0.05) is 25.7 Å². The Bertz CT molecular complexity index is 567. The molecule has 7 nitrogen and oxygen atoms in total. The fourth-order valence-electron chi connectivity index (χ4n) is 1.70. The van der Waals surface area contributed by atoms with Crippen LogP contribution in [0.5, 0.6) is 0 Å². The van der Waals surface area contributed by atoms with Gasteiger partial charge in [0.15, 0.2) is 0 Å². The molecule has 172 valence electrons. The molecule has 0 radical (unpaired) electrons. The molecule has 30 heavy (non-hydrogen) atoms. The van der Waals surface area contributed by atoms with Gasteiger partial charge >= 0.3 is 0 Å². The number of amidine groups is 1. The molecule has 0 aromatic rings. The van der Waals surface area contributed by atoms with Gasteiger partial charge in [-0.15, -0.1) is 0 Å². The number of unbranched alkanes of at least 4 members (excludes halogenated alkanes) is 1. The second kappa shape index (κ2) is 24.4. The number of amides is 1. The number of carbonyl (C=O) groups excluding carboxylic acids is 2. The molecule has 0 aromatic heterocycles. The first kappa shape index (κ1) is 32.0. The largest absolute Gasteiger partial charge is 0.471 e. The number of likely N-dealkylation sites (N-methyl/N-ethyl adjacent to an activating group) is 1. The van der Waals surface area contributed by atoms with Gasteiger partial charge < -0.3 is 20.7 Å². The van der Waals surface area contributed by atoms with Crippen LogP contribution in [-0.2, 0) is 14.3 Å². The zero-order valence-electron chi connectivity index (χ0n) is 19.8. The summed E-state index contributed by atoms with van der Waals surface area (Å²) in [7, 11) is 4.81. The Kier molecular flexibility index (Phi) is 26.0. The fourth-order valence-corrected chi connectivity index (χ4v) is 1.70. The van der Waals surface area contributed by atoms with Crippen molar-refractivity contribution in [3.63, 3.8) is 0 Å². The standard InChI is InChI=1S/C18H30N4O.C3H8.C2H4O2/c1-14(2)10-11-15(3)16(4)22-17(20-6)9-7-8-12-21-18(23)13-19-5;1-3-2;1-4-2-3/h10-11,19H,1,3-4,7-9,12-13H2,2,5-6H3,(H,20,22)(H,21,23);3H2,1-2H3;2H,1H3/b11-10-;;. The predicted octanol–water partition coefficient (Wildman–Crippen LogP) is 3.52. The fraction of sp³-hybridized carbons (Fsp3) is 0.522. The van der Waals surface area contributed by atoms with E-state index >= 15 is 0 Å². The van der Waals surface area contributed by atoms with Crippen LogP contribution in [0.1, 0.15) is 46.5 Å². The van der Waals surface area contributed by atoms with Crippen LogP contribution in [0.15, 0.2) is 53.7 Å². The molecule has 0 unspecified atom stereocenters. The summed E-state index contributed by atoms with van der Waals surface area (Å²) in [6, 6.07) is 0. The summed E-state index contributed by atoms with van der Waals surface area (Å²) in [6.45, 7) is 19.3. The molecular weight excluding hydrogens is 380 g/mol. The van der Waals surface area contributed by atoms with Crippen molar-refractivity contribution < 1.29 is 14.3 Å². The molecule has 0 fully saturated rings. The van der Waals surface area contributed by atoms with Crippen molar-refractivity contribution in [1.29, 1.82) is 0 Å². The lowest BCUT2D eigenvalue weighted by Crippen LogP contribution is -2.32. The molecule has 3 N–H and O–H groups in total. The second-order valence-corrected chi connectivity index (χ2v) is 6.36. The molecule has 0 spiro atoms. The van der Waals surface area contributed by atoms with Crippen molar-refractivity contribution >= 4 is 18.2 Å². The van der Waals surface area contributed by atoms with Crippen LogP contribution in [0.25, 0.3) is 0 Å². The van der Waals surface area contributed by atoms with E-state index in [4.69, 9.17) is 4.79 Å². The molecule has 0 rings (SSSR count). The van der Waals surface area contributed by atoms with Crippen LogP contribution in [0, 0.1) is 0 Å². The molecule has 0 bridgehead atoms. The van der Waals surface area contributed by atoms with Crippen molar-refractivity contribution in [2.24, 2.45) is 4.99 Å². The van der Waals surface area contributed by atoms with Crippen molar-refractivity contribution in [1.82, 2.24) is 16.0 Å². The van der Waals surface area contributed by atoms with E-state index in [2.05, 4.69) is 59.3 Å². The summed E-state index contributed by atoms with van der Waals surface area (Å²) in [5, 5.41) is 8.85. The summed E-state index contributed by atoms with van der Waals surface area (Å²) in [6.07, 6.45) is 7.66. The van der Waals surface area contributed by atoms with Crippen LogP contribution in [0.4, 0.5) is 0 Å². The van der Waals surface area contributed by atoms with E-state index in [1.165, 1.54) is 13.5 Å². The molecule has 0 aliphatic rings. The van der Waals surface area contributed by atoms with E-state index < -0.39 is 0 Å². The number of aliphatic imine (C=N–C) groups is 1. The molecule has 0 saturated heterocycles. The first-order chi connectivity index (χ1) is 14.2. The summed E-state index contributed by atoms with van der Waals surface area (Å²) < 4.78 is 3.86. The summed E-state index contributed by atoms with van der Waals surface area (Å²) >= 11 is 0. The lowest BCUT2D eigenvalue weighted by Gasteiger charge is -2.12. The molecule has 0 aliphatic carbocycles. The molecule has 1 amide bonds. The zero-order chi connectivity index (χ0) is 23.8. The first-order valence-electron chi connectivity index (χ1n) is 10.1. The van der Waals surface area contributed by atoms with Crippen LogP contribution >= 0.6 is 0 Å². The smallest absolute Gasteiger partial charge is 0.292 e. The highest BCUT2D eigenvalue weighted by atomic mass is 16.5. The molecule has 0 saturated carbocycles. The van der Waals surface area contributed by atoms with Crippen molar-refractivity contribution in [3.05, 3.63) is 48.7 Å². The van der Waals surface area contributed by atoms with Crippen LogP contribution in [0.2, 0.25) is 0 Å². The topological polar surface area (TPSA) is 91.8 Å². The van der Waals surface area contributed by atoms with E-state index in [1.54, 1.807) is 14.1 Å². The van der Waals surface area contributed by atoms with Crippen LogP contribution < -0.4 is 16.0 Å². The minimum atomic E-state index is 0.0176. The van der Waals surface area contributed by atoms with E-state index in [0.717, 1.165) is 41.9 Å². The van der Waals surface area contributed by atoms with Crippen molar-refractivity contribution in [2.75, 3.05) is 34.3 Å². The van der Waals surface area contributed by atoms with Crippen LogP contribution in [0.3, 0.4) is 0 Å². The highest BCUT2D eigenvalue weighted by Crippen LogP contribution is 2.07. The summed E-state index contributed by atoms with van der Waals surface area (Å²) in [4.78, 5) is 24.5. The number of ether oxygens (including phenoxy) is 1. The quantitative estimate of drug-likeness (QED) is 0.147. The Morgan fingerprint density at radius 3 is 2.13 bits per heavy atom. The van der Waals surface area contributed by atoms with E-state index in [-0.39, 0.29) is 5.91 Å². The van der Waals surface area contributed by atoms with Crippen molar-refractivity contribution in [3.8, 4) is 0 Å². The number of rotatable bonds is 12. The number of nitrogens with zero attached hydrogens (tertiary/aromatic N) is 1. The average molecular weight is 423 g/mol. The van der Waals surface area contributed by atoms with Gasteiger partial charge in [-0.25, -0.2) is 0 Å². The maximum absolute atomic E-state index is 11.3. The summed E-state index contributed by atoms with van der Waals surface area (Å²) in [5.41, 5.74) is 2.49. The van der Waals surface area contributed by atoms with Gasteiger partial charge in [-0.1, -0.05) is 57.7 Å². The SMILES string of the molecule is C=C(C)/C=C\C(=C)C(=C)NC(CCCCNC(=O)CNC)=NC.CCC.COC=O. The second-order valence-electron chi connectivity index (χ2n) is 6.36. The van der Waals surface area contributed by atoms with Gasteiger partial charge in [-0.2, -0.15) is 0 Å². The van der Waals surface area contributed by atoms with Gasteiger partial charge in [-0.05, 0) is 32.4 Å². The van der Waals surface area contributed by atoms with E-state index in [0.29, 0.717) is 19.6 Å². The number of methoxy groups -OCH3 is 1. The highest BCUT2D eigenvalue weighted by Gasteiger charge is 2.03. The Morgan fingerprint density at radius 2 is 1.70 bits per heavy atom. The van der Waals surface area contributed by atoms with Gasteiger partial charge in [0.2, 0.25) is 5.91 Å². The predicted molar refractivity (Wildman–Crippen MR) is 129 cm³/mol. The number of hydrogen-bond acceptors (Lipinski definition) is 5. The molecule has 7 heteroatoms. The zero-order valence-corrected chi connectivity index (χ0v) is 19.8. The van der Waals surface area contributed by atoms with E-state index in [1.807, 2.05) is 19.1 Å². The Morgan fingerprint density at radius 1 is 1.13 bits per heavy atom. The number of nitrogens with one attached hydrogen (secondary N) is 3. The first-order valence-corrected chi connectivity index (χ1v) is 10.1. The average Bonchev–Trinajstić information content (AvgIpc) is 2.71. The van der Waals surface area contributed by atoms with E-state index in [9.17, 15) is 4.79 Å². The third-order valence-corrected chi connectivity index (χ3v) is 3.12. The number of allylic oxidation sites excluding steroid dienone is 3. The highest BCUT2D eigenvalue weighted by molar-refractivity contribution is 5.84. The van der Waals surface area contributed by atoms with Gasteiger partial charge in [-0.3, -0.25) is 14.6 Å². The molecule has 0 heterocycles. The molecule has 0 aliphatic heterocycles. The third-order valence-electron chi connectivity index (χ3n) is 3.12. The van der Waals surface area contributed by atoms with Gasteiger partial charge in [0.25, 0.3) is 6.47 Å². The minimum absolute atomic E-state index is 0.0176. The molecule has 0 aromatic carbocycles. The Labute approximate surface area is 183 Å². The maximum Gasteiger partial charge on any atom is 0.292 e. The minimum Gasteiger partial charge on any atom is -0.471 e. The lowest BCUT2D eigenvalue weighted by atomic mass is 10.1. The van der Waals surface area contributed by atoms with Crippen LogP contribution in [-0.4, -0.2) is 52.5 Å². The Balaban J connectivity index is -0.000000900. The summed E-state index contributed by atoms with van der Waals surface area (Å²) in [5.74, 6) is 0.880. The normalized spacial score (nSPS) is 10.0. The van der Waals surface area contributed by atoms with Gasteiger partial charge in [0.05, 0.1) is 13.7 Å². The maximum atomic E-state index is 11.3. The van der Waals surface area contributed by atoms with Gasteiger partial charge in [0.1, 0.15) is 5.84 Å². The number of carbonyl (C=O) groups is 2. The third kappa shape index (κ3) is 25.3. The monoisotopic (exact) mass is 422 g/mol. The molecular formula is C23H42N4O3. The number of hydrogen-bond donors (Lipinski definition) is 3. The lowest BCUT2D eigenvalue weighted by molar-refractivity contribution is -0.126. The Hall–Kier alpha value is -2.67. The van der Waals surface area contributed by atoms with Crippen molar-refractivity contribution in [2.45, 2.75) is 46.5 Å².